The highest BCUT2D eigenvalue weighted by Gasteiger charge is 2.34. The monoisotopic (exact) mass is 254 g/mol. The van der Waals surface area contributed by atoms with Gasteiger partial charge in [0, 0.05) is 13.1 Å². The van der Waals surface area contributed by atoms with Gasteiger partial charge in [-0.15, -0.1) is 0 Å². The fourth-order valence-electron chi connectivity index (χ4n) is 2.98. The number of hydrogen-bond acceptors (Lipinski definition) is 3. The number of ether oxygens (including phenoxy) is 1. The quantitative estimate of drug-likeness (QED) is 0.780. The maximum absolute atomic E-state index is 12.0. The van der Waals surface area contributed by atoms with Crippen molar-refractivity contribution in [2.45, 2.75) is 45.6 Å². The molecule has 0 radical (unpaired) electrons. The van der Waals surface area contributed by atoms with E-state index in [9.17, 15) is 4.79 Å². The molecule has 2 fully saturated rings. The zero-order valence-electron chi connectivity index (χ0n) is 11.9. The summed E-state index contributed by atoms with van der Waals surface area (Å²) in [5.74, 6) is 1.47. The van der Waals surface area contributed by atoms with E-state index in [1.54, 1.807) is 0 Å². The third-order valence-corrected chi connectivity index (χ3v) is 3.93. The summed E-state index contributed by atoms with van der Waals surface area (Å²) >= 11 is 0. The van der Waals surface area contributed by atoms with Crippen LogP contribution in [0, 0.1) is 11.8 Å². The van der Waals surface area contributed by atoms with E-state index < -0.39 is 0 Å². The molecule has 2 aliphatic heterocycles. The molecule has 4 heteroatoms. The smallest absolute Gasteiger partial charge is 0.410 e. The fraction of sp³-hybridized carbons (Fsp3) is 0.929. The molecule has 0 bridgehead atoms. The van der Waals surface area contributed by atoms with Crippen LogP contribution in [0.4, 0.5) is 4.79 Å². The Morgan fingerprint density at radius 2 is 1.83 bits per heavy atom. The predicted molar refractivity (Wildman–Crippen MR) is 71.5 cm³/mol. The van der Waals surface area contributed by atoms with Crippen LogP contribution in [-0.2, 0) is 4.74 Å². The van der Waals surface area contributed by atoms with Gasteiger partial charge in [0.2, 0.25) is 0 Å². The number of carbonyl (C=O) groups excluding carboxylic acids is 1. The van der Waals surface area contributed by atoms with Gasteiger partial charge in [-0.05, 0) is 65.0 Å². The highest BCUT2D eigenvalue weighted by Crippen LogP contribution is 2.30. The summed E-state index contributed by atoms with van der Waals surface area (Å²) in [5, 5.41) is 3.40. The molecule has 1 N–H and O–H groups in total. The lowest BCUT2D eigenvalue weighted by Gasteiger charge is -2.28. The van der Waals surface area contributed by atoms with Crippen LogP contribution in [-0.4, -0.2) is 42.8 Å². The largest absolute Gasteiger partial charge is 0.444 e. The summed E-state index contributed by atoms with van der Waals surface area (Å²) in [5.41, 5.74) is -0.385. The average Bonchev–Trinajstić information content (AvgIpc) is 2.77. The number of nitrogens with zero attached hydrogens (tertiary/aromatic N) is 1. The second-order valence-corrected chi connectivity index (χ2v) is 6.56. The Kier molecular flexibility index (Phi) is 4.15. The van der Waals surface area contributed by atoms with Crippen molar-refractivity contribution in [1.29, 1.82) is 0 Å². The molecule has 18 heavy (non-hydrogen) atoms. The molecular weight excluding hydrogens is 228 g/mol. The van der Waals surface area contributed by atoms with Gasteiger partial charge in [0.1, 0.15) is 5.60 Å². The first kappa shape index (κ1) is 13.7. The van der Waals surface area contributed by atoms with Gasteiger partial charge in [0.05, 0.1) is 0 Å². The minimum absolute atomic E-state index is 0.140. The molecule has 0 aromatic heterocycles. The third-order valence-electron chi connectivity index (χ3n) is 3.93. The Balaban J connectivity index is 1.82. The van der Waals surface area contributed by atoms with Crippen molar-refractivity contribution >= 4 is 6.09 Å². The lowest BCUT2D eigenvalue weighted by molar-refractivity contribution is 0.0282. The van der Waals surface area contributed by atoms with Crippen molar-refractivity contribution in [3.63, 3.8) is 0 Å². The summed E-state index contributed by atoms with van der Waals surface area (Å²) in [6, 6.07) is 0. The van der Waals surface area contributed by atoms with Gasteiger partial charge in [0.25, 0.3) is 0 Å². The molecule has 2 heterocycles. The van der Waals surface area contributed by atoms with Gasteiger partial charge in [0.15, 0.2) is 0 Å². The molecule has 0 saturated carbocycles. The first-order chi connectivity index (χ1) is 8.46. The van der Waals surface area contributed by atoms with Crippen molar-refractivity contribution < 1.29 is 9.53 Å². The minimum Gasteiger partial charge on any atom is -0.444 e. The summed E-state index contributed by atoms with van der Waals surface area (Å²) in [6.07, 6.45) is 3.52. The van der Waals surface area contributed by atoms with E-state index in [1.807, 2.05) is 25.7 Å². The van der Waals surface area contributed by atoms with Crippen molar-refractivity contribution in [3.05, 3.63) is 0 Å². The molecule has 2 rings (SSSR count). The van der Waals surface area contributed by atoms with E-state index in [1.165, 1.54) is 12.8 Å². The second-order valence-electron chi connectivity index (χ2n) is 6.56. The van der Waals surface area contributed by atoms with E-state index in [0.717, 1.165) is 38.5 Å². The van der Waals surface area contributed by atoms with E-state index in [4.69, 9.17) is 4.74 Å². The van der Waals surface area contributed by atoms with Crippen molar-refractivity contribution in [2.75, 3.05) is 26.2 Å². The highest BCUT2D eigenvalue weighted by atomic mass is 16.6. The normalized spacial score (nSPS) is 26.4. The summed E-state index contributed by atoms with van der Waals surface area (Å²) in [7, 11) is 0. The molecule has 1 unspecified atom stereocenters. The van der Waals surface area contributed by atoms with Gasteiger partial charge >= 0.3 is 6.09 Å². The van der Waals surface area contributed by atoms with Gasteiger partial charge in [-0.3, -0.25) is 0 Å². The zero-order valence-corrected chi connectivity index (χ0v) is 11.9. The number of hydrogen-bond donors (Lipinski definition) is 1. The first-order valence-corrected chi connectivity index (χ1v) is 7.14. The van der Waals surface area contributed by atoms with Crippen LogP contribution < -0.4 is 5.32 Å². The Labute approximate surface area is 110 Å². The summed E-state index contributed by atoms with van der Waals surface area (Å²) < 4.78 is 5.43. The number of nitrogens with one attached hydrogen (secondary N) is 1. The van der Waals surface area contributed by atoms with Crippen LogP contribution in [0.25, 0.3) is 0 Å². The standard InChI is InChI=1S/C14H26N2O2/c1-14(2,3)18-13(17)16-9-6-12(10-16)11-4-7-15-8-5-11/h11-12,15H,4-10H2,1-3H3. The summed E-state index contributed by atoms with van der Waals surface area (Å²) in [6.45, 7) is 9.78. The first-order valence-electron chi connectivity index (χ1n) is 7.14. The number of amides is 1. The SMILES string of the molecule is CC(C)(C)OC(=O)N1CCC(C2CCNCC2)C1. The molecule has 2 aliphatic rings. The van der Waals surface area contributed by atoms with Gasteiger partial charge < -0.3 is 15.0 Å². The lowest BCUT2D eigenvalue weighted by atomic mass is 9.84. The molecule has 0 aliphatic carbocycles. The van der Waals surface area contributed by atoms with Crippen LogP contribution in [0.5, 0.6) is 0 Å². The van der Waals surface area contributed by atoms with E-state index in [2.05, 4.69) is 5.32 Å². The molecule has 1 atom stereocenters. The van der Waals surface area contributed by atoms with Gasteiger partial charge in [-0.1, -0.05) is 0 Å². The van der Waals surface area contributed by atoms with Crippen molar-refractivity contribution in [1.82, 2.24) is 10.2 Å². The number of carbonyl (C=O) groups is 1. The van der Waals surface area contributed by atoms with Gasteiger partial charge in [-0.25, -0.2) is 4.79 Å². The van der Waals surface area contributed by atoms with E-state index in [-0.39, 0.29) is 11.7 Å². The molecular formula is C14H26N2O2. The summed E-state index contributed by atoms with van der Waals surface area (Å²) in [4.78, 5) is 13.9. The van der Waals surface area contributed by atoms with Crippen molar-refractivity contribution in [2.24, 2.45) is 11.8 Å². The lowest BCUT2D eigenvalue weighted by Crippen LogP contribution is -2.37. The van der Waals surface area contributed by atoms with Crippen LogP contribution in [0.1, 0.15) is 40.0 Å². The fourth-order valence-corrected chi connectivity index (χ4v) is 2.98. The molecule has 0 aromatic rings. The van der Waals surface area contributed by atoms with E-state index in [0.29, 0.717) is 5.92 Å². The average molecular weight is 254 g/mol. The zero-order chi connectivity index (χ0) is 13.2. The minimum atomic E-state index is -0.385. The van der Waals surface area contributed by atoms with Crippen LogP contribution in [0.15, 0.2) is 0 Å². The molecule has 104 valence electrons. The molecule has 0 aromatic carbocycles. The molecule has 4 nitrogen and oxygen atoms in total. The number of piperidine rings is 1. The highest BCUT2D eigenvalue weighted by molar-refractivity contribution is 5.68. The van der Waals surface area contributed by atoms with Crippen LogP contribution >= 0.6 is 0 Å². The Morgan fingerprint density at radius 1 is 1.17 bits per heavy atom. The van der Waals surface area contributed by atoms with Crippen LogP contribution in [0.2, 0.25) is 0 Å². The Bertz CT molecular complexity index is 293. The predicted octanol–water partition coefficient (Wildman–Crippen LogP) is 2.24. The van der Waals surface area contributed by atoms with Crippen LogP contribution in [0.3, 0.4) is 0 Å². The maximum Gasteiger partial charge on any atom is 0.410 e. The third kappa shape index (κ3) is 3.61. The molecule has 2 saturated heterocycles. The maximum atomic E-state index is 12.0. The van der Waals surface area contributed by atoms with Crippen molar-refractivity contribution in [3.8, 4) is 0 Å². The Morgan fingerprint density at radius 3 is 2.44 bits per heavy atom. The Hall–Kier alpha value is -0.770. The molecule has 0 spiro atoms. The second kappa shape index (κ2) is 5.47. The van der Waals surface area contributed by atoms with Gasteiger partial charge in [-0.2, -0.15) is 0 Å². The number of rotatable bonds is 1. The topological polar surface area (TPSA) is 41.6 Å². The molecule has 1 amide bonds. The number of likely N-dealkylation sites (tertiary alicyclic amines) is 1. The van der Waals surface area contributed by atoms with E-state index >= 15 is 0 Å².